The predicted molar refractivity (Wildman–Crippen MR) is 197 cm³/mol. The maximum Gasteiger partial charge on any atom is 0.322 e. The molecule has 0 spiro atoms. The zero-order valence-electron chi connectivity index (χ0n) is 28.2. The van der Waals surface area contributed by atoms with Gasteiger partial charge in [0.15, 0.2) is 0 Å². The number of unbranched alkanes of at least 4 members (excludes halogenated alkanes) is 22. The van der Waals surface area contributed by atoms with Crippen molar-refractivity contribution in [1.29, 1.82) is 0 Å². The van der Waals surface area contributed by atoms with Crippen LogP contribution in [0.4, 0.5) is 0 Å². The highest BCUT2D eigenvalue weighted by Gasteiger charge is 2.17. The summed E-state index contributed by atoms with van der Waals surface area (Å²) in [7, 11) is -3.36. The molecule has 0 rings (SSSR count). The van der Waals surface area contributed by atoms with Crippen LogP contribution >= 0.6 is 39.5 Å². The monoisotopic (exact) mass is 720 g/mol. The lowest BCUT2D eigenvalue weighted by molar-refractivity contribution is 0.381. The molecule has 0 radical (unpaired) electrons. The fourth-order valence-electron chi connectivity index (χ4n) is 5.29. The van der Waals surface area contributed by atoms with Crippen LogP contribution in [-0.4, -0.2) is 34.9 Å². The average Bonchev–Trinajstić information content (AvgIpc) is 2.83. The van der Waals surface area contributed by atoms with E-state index in [0.717, 1.165) is 6.66 Å². The Balaban J connectivity index is -0.00000208. The van der Waals surface area contributed by atoms with Gasteiger partial charge >= 0.3 is 7.60 Å². The second-order valence-corrected chi connectivity index (χ2v) is 17.7. The van der Waals surface area contributed by atoms with E-state index in [0.29, 0.717) is 5.41 Å². The van der Waals surface area contributed by atoms with Crippen molar-refractivity contribution < 1.29 is 14.4 Å². The average molecular weight is 721 g/mol. The highest BCUT2D eigenvalue weighted by molar-refractivity contribution is 14.0. The van der Waals surface area contributed by atoms with E-state index < -0.39 is 7.60 Å². The van der Waals surface area contributed by atoms with Gasteiger partial charge in [-0.15, -0.1) is 31.9 Å². The van der Waals surface area contributed by atoms with Crippen molar-refractivity contribution in [3.05, 3.63) is 0 Å². The van der Waals surface area contributed by atoms with Gasteiger partial charge in [-0.2, -0.15) is 0 Å². The SMILES string of the molecule is CCCCCCCCCCCCCCP(CCCCCCCCCCCCCC)CC(C)(C)C.CP(=O)(O)O.I. The van der Waals surface area contributed by atoms with Crippen LogP contribution in [0.2, 0.25) is 0 Å². The molecular weight excluding hydrogens is 645 g/mol. The van der Waals surface area contributed by atoms with Crippen LogP contribution in [-0.2, 0) is 4.57 Å². The summed E-state index contributed by atoms with van der Waals surface area (Å²) < 4.78 is 9.33. The lowest BCUT2D eigenvalue weighted by atomic mass is 10.0. The third kappa shape index (κ3) is 49.0. The Morgan fingerprint density at radius 3 is 0.900 bits per heavy atom. The molecule has 0 aromatic carbocycles. The van der Waals surface area contributed by atoms with Crippen LogP contribution in [0, 0.1) is 5.41 Å². The second-order valence-electron chi connectivity index (χ2n) is 13.5. The van der Waals surface area contributed by atoms with Crippen LogP contribution in [0.1, 0.15) is 189 Å². The van der Waals surface area contributed by atoms with E-state index in [2.05, 4.69) is 34.6 Å². The first-order valence-electron chi connectivity index (χ1n) is 17.2. The molecule has 3 nitrogen and oxygen atoms in total. The molecule has 0 bridgehead atoms. The fraction of sp³-hybridized carbons (Fsp3) is 1.00. The molecular formula is C34H75IO3P2. The molecule has 0 fully saturated rings. The van der Waals surface area contributed by atoms with Gasteiger partial charge in [0.25, 0.3) is 0 Å². The molecule has 0 saturated heterocycles. The summed E-state index contributed by atoms with van der Waals surface area (Å²) in [6.07, 6.45) is 40.0. The van der Waals surface area contributed by atoms with Crippen molar-refractivity contribution in [2.45, 2.75) is 189 Å². The Labute approximate surface area is 271 Å². The molecule has 6 heteroatoms. The van der Waals surface area contributed by atoms with Gasteiger partial charge in [0.05, 0.1) is 0 Å². The molecule has 0 saturated carbocycles. The summed E-state index contributed by atoms with van der Waals surface area (Å²) in [4.78, 5) is 15.3. The van der Waals surface area contributed by atoms with Gasteiger partial charge < -0.3 is 9.79 Å². The standard InChI is InChI=1S/C33H69P.CH5O3P.HI/c1-6-8-10-12-14-16-18-20-22-24-26-28-30-34(32-33(3,4)5)31-29-27-25-23-21-19-17-15-13-11-9-7-2;1-5(2,3)4;/h6-32H2,1-5H3;1H3,(H2,2,3,4);1H. The van der Waals surface area contributed by atoms with E-state index in [4.69, 9.17) is 9.79 Å². The normalized spacial score (nSPS) is 11.8. The molecule has 0 aromatic heterocycles. The van der Waals surface area contributed by atoms with Crippen molar-refractivity contribution in [3.8, 4) is 0 Å². The van der Waals surface area contributed by atoms with Crippen molar-refractivity contribution >= 4 is 39.5 Å². The number of hydrogen-bond donors (Lipinski definition) is 2. The van der Waals surface area contributed by atoms with Gasteiger partial charge in [-0.05, 0) is 36.7 Å². The van der Waals surface area contributed by atoms with E-state index >= 15 is 0 Å². The Bertz CT molecular complexity index is 484. The minimum atomic E-state index is -3.64. The molecule has 2 N–H and O–H groups in total. The third-order valence-corrected chi connectivity index (χ3v) is 10.6. The van der Waals surface area contributed by atoms with Crippen molar-refractivity contribution in [2.75, 3.05) is 25.2 Å². The number of rotatable bonds is 27. The molecule has 0 aliphatic carbocycles. The molecule has 0 aliphatic heterocycles. The number of halogens is 1. The Hall–Kier alpha value is 1.31. The van der Waals surface area contributed by atoms with E-state index in [9.17, 15) is 4.57 Å². The lowest BCUT2D eigenvalue weighted by Gasteiger charge is -2.27. The van der Waals surface area contributed by atoms with E-state index in [1.807, 2.05) is 0 Å². The summed E-state index contributed by atoms with van der Waals surface area (Å²) in [6, 6.07) is 0. The number of hydrogen-bond acceptors (Lipinski definition) is 1. The molecule has 0 atom stereocenters. The van der Waals surface area contributed by atoms with Crippen LogP contribution in [0.25, 0.3) is 0 Å². The summed E-state index contributed by atoms with van der Waals surface area (Å²) in [5, 5.41) is 0. The summed E-state index contributed by atoms with van der Waals surface area (Å²) in [5.74, 6) is 0. The van der Waals surface area contributed by atoms with Crippen LogP contribution in [0.5, 0.6) is 0 Å². The first-order chi connectivity index (χ1) is 18.5. The molecule has 0 aliphatic rings. The van der Waals surface area contributed by atoms with Gasteiger partial charge in [0.1, 0.15) is 0 Å². The van der Waals surface area contributed by atoms with Gasteiger partial charge in [0, 0.05) is 6.66 Å². The van der Waals surface area contributed by atoms with Crippen molar-refractivity contribution in [1.82, 2.24) is 0 Å². The molecule has 0 aromatic rings. The summed E-state index contributed by atoms with van der Waals surface area (Å²) in [5.41, 5.74) is 0.528. The maximum absolute atomic E-state index is 9.33. The molecule has 0 unspecified atom stereocenters. The lowest BCUT2D eigenvalue weighted by Crippen LogP contribution is -2.12. The van der Waals surface area contributed by atoms with Gasteiger partial charge in [-0.25, -0.2) is 0 Å². The minimum absolute atomic E-state index is 0. The largest absolute Gasteiger partial charge is 0.325 e. The summed E-state index contributed by atoms with van der Waals surface area (Å²) >= 11 is 0. The molecule has 40 heavy (non-hydrogen) atoms. The maximum atomic E-state index is 9.33. The van der Waals surface area contributed by atoms with Gasteiger partial charge in [0.2, 0.25) is 0 Å². The van der Waals surface area contributed by atoms with E-state index in [-0.39, 0.29) is 31.9 Å². The van der Waals surface area contributed by atoms with Gasteiger partial charge in [-0.3, -0.25) is 4.57 Å². The fourth-order valence-corrected chi connectivity index (χ4v) is 8.52. The highest BCUT2D eigenvalue weighted by Crippen LogP contribution is 2.43. The van der Waals surface area contributed by atoms with Crippen molar-refractivity contribution in [3.63, 3.8) is 0 Å². The van der Waals surface area contributed by atoms with E-state index in [1.165, 1.54) is 160 Å². The van der Waals surface area contributed by atoms with Crippen LogP contribution in [0.15, 0.2) is 0 Å². The first kappa shape index (κ1) is 45.7. The Kier molecular flexibility index (Phi) is 38.0. The Morgan fingerprint density at radius 2 is 0.700 bits per heavy atom. The quantitative estimate of drug-likeness (QED) is 0.0505. The van der Waals surface area contributed by atoms with Crippen molar-refractivity contribution in [2.24, 2.45) is 5.41 Å². The Morgan fingerprint density at radius 1 is 0.500 bits per heavy atom. The second kappa shape index (κ2) is 33.2. The smallest absolute Gasteiger partial charge is 0.322 e. The first-order valence-corrected chi connectivity index (χ1v) is 21.2. The zero-order valence-corrected chi connectivity index (χ0v) is 32.3. The van der Waals surface area contributed by atoms with Crippen LogP contribution < -0.4 is 0 Å². The highest BCUT2D eigenvalue weighted by atomic mass is 127. The predicted octanol–water partition coefficient (Wildman–Crippen LogP) is 13.3. The molecule has 0 heterocycles. The minimum Gasteiger partial charge on any atom is -0.325 e. The molecule has 0 amide bonds. The molecule has 246 valence electrons. The van der Waals surface area contributed by atoms with Gasteiger partial charge in [-0.1, -0.05) is 176 Å². The third-order valence-electron chi connectivity index (χ3n) is 7.35. The zero-order chi connectivity index (χ0) is 29.7. The van der Waals surface area contributed by atoms with Crippen LogP contribution in [0.3, 0.4) is 0 Å². The van der Waals surface area contributed by atoms with E-state index in [1.54, 1.807) is 12.3 Å². The topological polar surface area (TPSA) is 57.5 Å². The summed E-state index contributed by atoms with van der Waals surface area (Å²) in [6.45, 7) is 12.9.